The van der Waals surface area contributed by atoms with Gasteiger partial charge in [0, 0.05) is 24.7 Å². The van der Waals surface area contributed by atoms with Gasteiger partial charge in [-0.3, -0.25) is 4.79 Å². The predicted octanol–water partition coefficient (Wildman–Crippen LogP) is 5.24. The summed E-state index contributed by atoms with van der Waals surface area (Å²) in [6.45, 7) is 0.529. The number of rotatable bonds is 8. The zero-order valence-corrected chi connectivity index (χ0v) is 23.3. The summed E-state index contributed by atoms with van der Waals surface area (Å²) in [5.74, 6) is -1.01. The highest BCUT2D eigenvalue weighted by Gasteiger charge is 2.36. The van der Waals surface area contributed by atoms with Crippen molar-refractivity contribution in [2.24, 2.45) is 0 Å². The minimum atomic E-state index is -4.97. The summed E-state index contributed by atoms with van der Waals surface area (Å²) in [5, 5.41) is 6.02. The molecule has 0 radical (unpaired) electrons. The summed E-state index contributed by atoms with van der Waals surface area (Å²) in [6.07, 6.45) is -9.61. The van der Waals surface area contributed by atoms with Crippen molar-refractivity contribution in [2.75, 3.05) is 32.5 Å². The first kappa shape index (κ1) is 30.7. The van der Waals surface area contributed by atoms with E-state index < -0.39 is 50.9 Å². The third-order valence-electron chi connectivity index (χ3n) is 5.49. The number of hydrogen-bond donors (Lipinski definition) is 2. The summed E-state index contributed by atoms with van der Waals surface area (Å²) < 4.78 is 108. The van der Waals surface area contributed by atoms with E-state index in [-0.39, 0.29) is 32.0 Å². The number of nitrogens with one attached hydrogen (secondary N) is 2. The molecule has 2 N–H and O–H groups in total. The van der Waals surface area contributed by atoms with Crippen LogP contribution in [-0.4, -0.2) is 61.0 Å². The van der Waals surface area contributed by atoms with Gasteiger partial charge in [0.15, 0.2) is 17.0 Å². The normalized spacial score (nSPS) is 12.8. The van der Waals surface area contributed by atoms with Gasteiger partial charge in [-0.25, -0.2) is 22.6 Å². The van der Waals surface area contributed by atoms with Crippen LogP contribution in [0.2, 0.25) is 4.34 Å². The number of alkyl halides is 6. The van der Waals surface area contributed by atoms with Crippen LogP contribution in [0.5, 0.6) is 0 Å². The second-order valence-electron chi connectivity index (χ2n) is 8.81. The number of anilines is 1. The molecule has 1 amide bonds. The van der Waals surface area contributed by atoms with Crippen molar-refractivity contribution in [2.45, 2.75) is 16.6 Å². The summed E-state index contributed by atoms with van der Waals surface area (Å²) >= 11 is 6.76. The molecule has 1 aromatic carbocycles. The van der Waals surface area contributed by atoms with Gasteiger partial charge in [-0.15, -0.1) is 11.3 Å². The summed E-state index contributed by atoms with van der Waals surface area (Å²) in [6, 6.07) is 6.01. The molecule has 0 aliphatic carbocycles. The molecule has 0 unspecified atom stereocenters. The molecule has 0 bridgehead atoms. The van der Waals surface area contributed by atoms with Gasteiger partial charge < -0.3 is 10.2 Å². The van der Waals surface area contributed by atoms with Gasteiger partial charge in [-0.05, 0) is 38.4 Å². The third kappa shape index (κ3) is 6.98. The van der Waals surface area contributed by atoms with Crippen LogP contribution in [0.3, 0.4) is 0 Å². The van der Waals surface area contributed by atoms with E-state index in [1.807, 2.05) is 0 Å². The van der Waals surface area contributed by atoms with Gasteiger partial charge >= 0.3 is 12.4 Å². The van der Waals surface area contributed by atoms with Crippen molar-refractivity contribution in [3.05, 3.63) is 63.8 Å². The molecule has 3 heterocycles. The largest absolute Gasteiger partial charge is 0.433 e. The molecule has 0 atom stereocenters. The van der Waals surface area contributed by atoms with Crippen molar-refractivity contribution in [3.63, 3.8) is 0 Å². The molecular weight excluding hydrogens is 622 g/mol. The van der Waals surface area contributed by atoms with Crippen LogP contribution in [0.15, 0.2) is 46.7 Å². The van der Waals surface area contributed by atoms with Gasteiger partial charge in [0.1, 0.15) is 8.55 Å². The molecule has 0 spiro atoms. The number of thiophene rings is 1. The minimum Gasteiger partial charge on any atom is -0.318 e. The number of fused-ring (bicyclic) bond motifs is 1. The van der Waals surface area contributed by atoms with E-state index in [0.29, 0.717) is 40.6 Å². The number of benzene rings is 1. The Bertz CT molecular complexity index is 1700. The maximum atomic E-state index is 13.9. The first-order chi connectivity index (χ1) is 19.0. The van der Waals surface area contributed by atoms with Crippen molar-refractivity contribution >= 4 is 50.2 Å². The Balaban J connectivity index is 1.64. The molecular formula is C23H19ClF6N6O3S2. The number of hydrogen-bond acceptors (Lipinski definition) is 7. The van der Waals surface area contributed by atoms with Crippen molar-refractivity contribution < 1.29 is 39.6 Å². The van der Waals surface area contributed by atoms with Crippen LogP contribution in [0.25, 0.3) is 16.9 Å². The highest BCUT2D eigenvalue weighted by molar-refractivity contribution is 7.91. The Labute approximate surface area is 237 Å². The second-order valence-corrected chi connectivity index (χ2v) is 12.5. The molecule has 0 aliphatic heterocycles. The minimum absolute atomic E-state index is 0.0313. The molecule has 18 heteroatoms. The number of halogens is 7. The van der Waals surface area contributed by atoms with E-state index in [1.54, 1.807) is 19.0 Å². The molecule has 0 aliphatic rings. The Hall–Kier alpha value is -3.25. The number of amides is 1. The van der Waals surface area contributed by atoms with E-state index in [0.717, 1.165) is 24.3 Å². The standard InChI is InChI=1S/C23H19ClF6N6O3S2/c1-35(2)8-7-31-41(38,39)19-11-15(20(24)40-19)33-21(37)16-10-18-32-14(9-17(23(28,29)30)36(18)34-16)12-3-5-13(6-4-12)22(25,26)27/h3-6,9-11,31H,7-8H2,1-2H3,(H,33,37). The van der Waals surface area contributed by atoms with E-state index in [4.69, 9.17) is 11.6 Å². The SMILES string of the molecule is CN(C)CCNS(=O)(=O)c1cc(NC(=O)c2cc3nc(-c4ccc(C(F)(F)F)cc4)cc(C(F)(F)F)n3n2)c(Cl)s1. The third-order valence-corrected chi connectivity index (χ3v) is 8.78. The summed E-state index contributed by atoms with van der Waals surface area (Å²) in [7, 11) is -0.442. The number of carbonyl (C=O) groups excluding carboxylic acids is 1. The van der Waals surface area contributed by atoms with Gasteiger partial charge in [0.05, 0.1) is 16.9 Å². The smallest absolute Gasteiger partial charge is 0.318 e. The Morgan fingerprint density at radius 1 is 1.05 bits per heavy atom. The van der Waals surface area contributed by atoms with Gasteiger partial charge in [-0.1, -0.05) is 23.7 Å². The van der Waals surface area contributed by atoms with Crippen molar-refractivity contribution in [1.29, 1.82) is 0 Å². The Morgan fingerprint density at radius 3 is 2.29 bits per heavy atom. The number of sulfonamides is 1. The summed E-state index contributed by atoms with van der Waals surface area (Å²) in [5.41, 5.74) is -3.69. The monoisotopic (exact) mass is 640 g/mol. The highest BCUT2D eigenvalue weighted by atomic mass is 35.5. The highest BCUT2D eigenvalue weighted by Crippen LogP contribution is 2.36. The maximum absolute atomic E-state index is 13.9. The molecule has 0 saturated carbocycles. The molecule has 0 fully saturated rings. The van der Waals surface area contributed by atoms with Crippen molar-refractivity contribution in [1.82, 2.24) is 24.2 Å². The zero-order valence-electron chi connectivity index (χ0n) is 20.9. The topological polar surface area (TPSA) is 109 Å². The fourth-order valence-corrected chi connectivity index (χ4v) is 6.19. The molecule has 0 saturated heterocycles. The van der Waals surface area contributed by atoms with Gasteiger partial charge in [0.25, 0.3) is 5.91 Å². The quantitative estimate of drug-likeness (QED) is 0.255. The lowest BCUT2D eigenvalue weighted by atomic mass is 10.1. The van der Waals surface area contributed by atoms with E-state index in [1.165, 1.54) is 0 Å². The van der Waals surface area contributed by atoms with Crippen LogP contribution in [-0.2, 0) is 22.4 Å². The van der Waals surface area contributed by atoms with E-state index in [2.05, 4.69) is 20.1 Å². The summed E-state index contributed by atoms with van der Waals surface area (Å²) in [4.78, 5) is 18.7. The van der Waals surface area contributed by atoms with E-state index >= 15 is 0 Å². The van der Waals surface area contributed by atoms with Gasteiger partial charge in [-0.2, -0.15) is 31.4 Å². The zero-order chi connectivity index (χ0) is 30.3. The first-order valence-corrected chi connectivity index (χ1v) is 14.0. The van der Waals surface area contributed by atoms with Gasteiger partial charge in [0.2, 0.25) is 10.0 Å². The fourth-order valence-electron chi connectivity index (χ4n) is 3.49. The number of carbonyl (C=O) groups is 1. The first-order valence-electron chi connectivity index (χ1n) is 11.4. The molecule has 3 aromatic heterocycles. The average molecular weight is 641 g/mol. The van der Waals surface area contributed by atoms with Crippen molar-refractivity contribution in [3.8, 4) is 11.3 Å². The predicted molar refractivity (Wildman–Crippen MR) is 139 cm³/mol. The van der Waals surface area contributed by atoms with E-state index in [9.17, 15) is 39.6 Å². The van der Waals surface area contributed by atoms with Crippen LogP contribution in [0.1, 0.15) is 21.7 Å². The maximum Gasteiger partial charge on any atom is 0.433 e. The molecule has 4 rings (SSSR count). The molecule has 9 nitrogen and oxygen atoms in total. The molecule has 220 valence electrons. The molecule has 4 aromatic rings. The lowest BCUT2D eigenvalue weighted by Gasteiger charge is -2.12. The van der Waals surface area contributed by atoms with Crippen LogP contribution >= 0.6 is 22.9 Å². The lowest BCUT2D eigenvalue weighted by molar-refractivity contribution is -0.142. The van der Waals surface area contributed by atoms with Crippen LogP contribution < -0.4 is 10.0 Å². The fraction of sp³-hybridized carbons (Fsp3) is 0.261. The average Bonchev–Trinajstić information content (AvgIpc) is 3.46. The van der Waals surface area contributed by atoms with Crippen LogP contribution in [0.4, 0.5) is 32.0 Å². The Kier molecular flexibility index (Phi) is 8.39. The molecule has 41 heavy (non-hydrogen) atoms. The van der Waals surface area contributed by atoms with Crippen LogP contribution in [0, 0.1) is 0 Å². The number of likely N-dealkylation sites (N-methyl/N-ethyl adjacent to an activating group) is 1. The second kappa shape index (κ2) is 11.2. The lowest BCUT2D eigenvalue weighted by Crippen LogP contribution is -2.31. The number of nitrogens with zero attached hydrogens (tertiary/aromatic N) is 4. The Morgan fingerprint density at radius 2 is 1.71 bits per heavy atom. The number of aromatic nitrogens is 3.